The Morgan fingerprint density at radius 2 is 2.05 bits per heavy atom. The minimum absolute atomic E-state index is 0.107. The molecule has 0 spiro atoms. The number of aliphatic hydroxyl groups excluding tert-OH is 1. The van der Waals surface area contributed by atoms with Crippen LogP contribution in [0.5, 0.6) is 0 Å². The third-order valence-electron chi connectivity index (χ3n) is 3.05. The number of halogens is 4. The maximum Gasteiger partial charge on any atom is 0.142 e. The van der Waals surface area contributed by atoms with Crippen LogP contribution in [0.2, 0.25) is 5.02 Å². The SMILES string of the molecule is Cc1nn(C)c(CC(O)c2cc(F)c(Cl)cc2F)c1Br. The smallest absolute Gasteiger partial charge is 0.142 e. The van der Waals surface area contributed by atoms with Crippen molar-refractivity contribution in [1.29, 1.82) is 0 Å². The minimum atomic E-state index is -1.19. The van der Waals surface area contributed by atoms with Gasteiger partial charge in [-0.3, -0.25) is 4.68 Å². The van der Waals surface area contributed by atoms with E-state index in [2.05, 4.69) is 21.0 Å². The van der Waals surface area contributed by atoms with Crippen molar-refractivity contribution in [2.75, 3.05) is 0 Å². The number of aliphatic hydroxyl groups is 1. The molecule has 108 valence electrons. The molecule has 3 nitrogen and oxygen atoms in total. The molecule has 1 heterocycles. The first-order valence-corrected chi connectivity index (χ1v) is 6.98. The molecular weight excluding hydrogens is 354 g/mol. The summed E-state index contributed by atoms with van der Waals surface area (Å²) < 4.78 is 29.5. The Balaban J connectivity index is 2.33. The van der Waals surface area contributed by atoms with Crippen LogP contribution in [-0.4, -0.2) is 14.9 Å². The largest absolute Gasteiger partial charge is 0.388 e. The van der Waals surface area contributed by atoms with Crippen LogP contribution < -0.4 is 0 Å². The molecule has 1 unspecified atom stereocenters. The first-order chi connectivity index (χ1) is 9.31. The molecule has 0 saturated heterocycles. The fourth-order valence-electron chi connectivity index (χ4n) is 1.99. The highest BCUT2D eigenvalue weighted by Crippen LogP contribution is 2.29. The van der Waals surface area contributed by atoms with Gasteiger partial charge < -0.3 is 5.11 Å². The molecule has 0 bridgehead atoms. The molecule has 0 aliphatic heterocycles. The fourth-order valence-corrected chi connectivity index (χ4v) is 2.64. The molecule has 0 aliphatic rings. The zero-order valence-corrected chi connectivity index (χ0v) is 13.1. The van der Waals surface area contributed by atoms with E-state index in [1.807, 2.05) is 6.92 Å². The third-order valence-corrected chi connectivity index (χ3v) is 4.37. The Morgan fingerprint density at radius 1 is 1.40 bits per heavy atom. The average molecular weight is 366 g/mol. The second kappa shape index (κ2) is 5.79. The predicted molar refractivity (Wildman–Crippen MR) is 75.7 cm³/mol. The summed E-state index contributed by atoms with van der Waals surface area (Å²) in [4.78, 5) is 0. The summed E-state index contributed by atoms with van der Waals surface area (Å²) in [6.07, 6.45) is -1.08. The van der Waals surface area contributed by atoms with Gasteiger partial charge in [-0.1, -0.05) is 11.6 Å². The number of rotatable bonds is 3. The van der Waals surface area contributed by atoms with Gasteiger partial charge in [0.05, 0.1) is 27.0 Å². The van der Waals surface area contributed by atoms with Crippen molar-refractivity contribution in [3.8, 4) is 0 Å². The molecular formula is C13H12BrClF2N2O. The zero-order valence-electron chi connectivity index (χ0n) is 10.8. The van der Waals surface area contributed by atoms with Gasteiger partial charge in [0.25, 0.3) is 0 Å². The average Bonchev–Trinajstić information content (AvgIpc) is 2.60. The summed E-state index contributed by atoms with van der Waals surface area (Å²) in [5.74, 6) is -1.50. The molecule has 1 atom stereocenters. The number of benzene rings is 1. The zero-order chi connectivity index (χ0) is 15.0. The molecule has 1 aromatic heterocycles. The van der Waals surface area contributed by atoms with E-state index in [1.165, 1.54) is 0 Å². The van der Waals surface area contributed by atoms with E-state index in [0.717, 1.165) is 22.3 Å². The predicted octanol–water partition coefficient (Wildman–Crippen LogP) is 3.70. The second-order valence-corrected chi connectivity index (χ2v) is 5.68. The summed E-state index contributed by atoms with van der Waals surface area (Å²) >= 11 is 8.85. The Kier molecular flexibility index (Phi) is 4.46. The summed E-state index contributed by atoms with van der Waals surface area (Å²) in [5, 5.41) is 14.0. The van der Waals surface area contributed by atoms with Crippen LogP contribution in [0.4, 0.5) is 8.78 Å². The molecule has 0 aliphatic carbocycles. The lowest BCUT2D eigenvalue weighted by atomic mass is 10.0. The number of aryl methyl sites for hydroxylation is 2. The first kappa shape index (κ1) is 15.4. The van der Waals surface area contributed by atoms with Crippen molar-refractivity contribution < 1.29 is 13.9 Å². The molecule has 1 aromatic carbocycles. The van der Waals surface area contributed by atoms with E-state index in [9.17, 15) is 13.9 Å². The van der Waals surface area contributed by atoms with Gasteiger partial charge >= 0.3 is 0 Å². The van der Waals surface area contributed by atoms with Gasteiger partial charge in [0.15, 0.2) is 0 Å². The van der Waals surface area contributed by atoms with E-state index >= 15 is 0 Å². The van der Waals surface area contributed by atoms with Crippen LogP contribution in [0, 0.1) is 18.6 Å². The lowest BCUT2D eigenvalue weighted by Crippen LogP contribution is -2.09. The molecule has 2 rings (SSSR count). The topological polar surface area (TPSA) is 38.0 Å². The van der Waals surface area contributed by atoms with Crippen molar-refractivity contribution in [2.45, 2.75) is 19.4 Å². The third kappa shape index (κ3) is 2.87. The van der Waals surface area contributed by atoms with E-state index in [-0.39, 0.29) is 17.0 Å². The molecule has 0 fully saturated rings. The maximum absolute atomic E-state index is 13.7. The molecule has 0 amide bonds. The Labute approximate surface area is 128 Å². The van der Waals surface area contributed by atoms with E-state index in [4.69, 9.17) is 11.6 Å². The Morgan fingerprint density at radius 3 is 2.60 bits per heavy atom. The van der Waals surface area contributed by atoms with Crippen molar-refractivity contribution >= 4 is 27.5 Å². The first-order valence-electron chi connectivity index (χ1n) is 5.81. The normalized spacial score (nSPS) is 12.8. The highest BCUT2D eigenvalue weighted by molar-refractivity contribution is 9.10. The monoisotopic (exact) mass is 364 g/mol. The lowest BCUT2D eigenvalue weighted by molar-refractivity contribution is 0.170. The van der Waals surface area contributed by atoms with Crippen LogP contribution >= 0.6 is 27.5 Å². The highest BCUT2D eigenvalue weighted by atomic mass is 79.9. The molecule has 20 heavy (non-hydrogen) atoms. The van der Waals surface area contributed by atoms with E-state index < -0.39 is 17.7 Å². The van der Waals surface area contributed by atoms with E-state index in [0.29, 0.717) is 5.69 Å². The minimum Gasteiger partial charge on any atom is -0.388 e. The van der Waals surface area contributed by atoms with Gasteiger partial charge in [0.2, 0.25) is 0 Å². The number of aromatic nitrogens is 2. The molecule has 0 saturated carbocycles. The summed E-state index contributed by atoms with van der Waals surface area (Å²) in [7, 11) is 1.72. The number of hydrogen-bond donors (Lipinski definition) is 1. The van der Waals surface area contributed by atoms with Gasteiger partial charge in [0, 0.05) is 19.0 Å². The summed E-state index contributed by atoms with van der Waals surface area (Å²) in [5.41, 5.74) is 1.33. The molecule has 1 N–H and O–H groups in total. The van der Waals surface area contributed by atoms with Crippen molar-refractivity contribution in [3.05, 3.63) is 50.2 Å². The van der Waals surface area contributed by atoms with Crippen LogP contribution in [0.1, 0.15) is 23.1 Å². The molecule has 0 radical (unpaired) electrons. The van der Waals surface area contributed by atoms with Crippen LogP contribution in [0.3, 0.4) is 0 Å². The van der Waals surface area contributed by atoms with Crippen molar-refractivity contribution in [3.63, 3.8) is 0 Å². The summed E-state index contributed by atoms with van der Waals surface area (Å²) in [6.45, 7) is 1.81. The van der Waals surface area contributed by atoms with Gasteiger partial charge in [-0.05, 0) is 35.0 Å². The second-order valence-electron chi connectivity index (χ2n) is 4.48. The fraction of sp³-hybridized carbons (Fsp3) is 0.308. The van der Waals surface area contributed by atoms with Gasteiger partial charge in [-0.25, -0.2) is 8.78 Å². The Hall–Kier alpha value is -0.980. The number of nitrogens with zero attached hydrogens (tertiary/aromatic N) is 2. The quantitative estimate of drug-likeness (QED) is 0.842. The lowest BCUT2D eigenvalue weighted by Gasteiger charge is -2.13. The van der Waals surface area contributed by atoms with E-state index in [1.54, 1.807) is 11.7 Å². The molecule has 7 heteroatoms. The van der Waals surface area contributed by atoms with Gasteiger partial charge in [-0.15, -0.1) is 0 Å². The Bertz CT molecular complexity index is 660. The van der Waals surface area contributed by atoms with Crippen LogP contribution in [0.25, 0.3) is 0 Å². The standard InChI is InChI=1S/C13H12BrClF2N2O/c1-6-13(14)11(19(2)18-6)5-12(20)7-3-10(17)8(15)4-9(7)16/h3-4,12,20H,5H2,1-2H3. The maximum atomic E-state index is 13.7. The van der Waals surface area contributed by atoms with Gasteiger partial charge in [-0.2, -0.15) is 5.10 Å². The van der Waals surface area contributed by atoms with Crippen LogP contribution in [-0.2, 0) is 13.5 Å². The van der Waals surface area contributed by atoms with Crippen LogP contribution in [0.15, 0.2) is 16.6 Å². The van der Waals surface area contributed by atoms with Gasteiger partial charge in [0.1, 0.15) is 11.6 Å². The number of hydrogen-bond acceptors (Lipinski definition) is 2. The summed E-state index contributed by atoms with van der Waals surface area (Å²) in [6, 6.07) is 1.78. The molecule has 2 aromatic rings. The highest BCUT2D eigenvalue weighted by Gasteiger charge is 2.20. The van der Waals surface area contributed by atoms with Crippen molar-refractivity contribution in [1.82, 2.24) is 9.78 Å². The van der Waals surface area contributed by atoms with Crippen molar-refractivity contribution in [2.24, 2.45) is 7.05 Å².